The highest BCUT2D eigenvalue weighted by molar-refractivity contribution is 5.77. The van der Waals surface area contributed by atoms with Gasteiger partial charge in [-0.3, -0.25) is 4.79 Å². The van der Waals surface area contributed by atoms with Gasteiger partial charge in [-0.25, -0.2) is 0 Å². The fraction of sp³-hybridized carbons (Fsp3) is 0.923. The molecule has 17 heavy (non-hydrogen) atoms. The molecule has 0 spiro atoms. The quantitative estimate of drug-likeness (QED) is 0.805. The monoisotopic (exact) mass is 240 g/mol. The van der Waals surface area contributed by atoms with E-state index in [0.717, 1.165) is 19.4 Å². The summed E-state index contributed by atoms with van der Waals surface area (Å²) < 4.78 is 5.77. The predicted octanol–water partition coefficient (Wildman–Crippen LogP) is 1.14. The molecule has 0 aromatic rings. The summed E-state index contributed by atoms with van der Waals surface area (Å²) in [6.07, 6.45) is 6.07. The van der Waals surface area contributed by atoms with Crippen molar-refractivity contribution < 1.29 is 9.53 Å². The molecule has 2 rings (SSSR count). The average Bonchev–Trinajstić information content (AvgIpc) is 2.74. The van der Waals surface area contributed by atoms with Crippen LogP contribution >= 0.6 is 0 Å². The topological polar surface area (TPSA) is 55.6 Å². The van der Waals surface area contributed by atoms with Gasteiger partial charge in [-0.1, -0.05) is 19.8 Å². The summed E-state index contributed by atoms with van der Waals surface area (Å²) in [6.45, 7) is 3.95. The second-order valence-corrected chi connectivity index (χ2v) is 5.50. The van der Waals surface area contributed by atoms with Gasteiger partial charge in [0, 0.05) is 19.1 Å². The molecule has 2 aliphatic rings. The minimum atomic E-state index is 0.107. The average molecular weight is 240 g/mol. The second kappa shape index (κ2) is 5.83. The van der Waals surface area contributed by atoms with E-state index in [4.69, 9.17) is 10.5 Å². The Kier molecular flexibility index (Phi) is 4.40. The van der Waals surface area contributed by atoms with Crippen molar-refractivity contribution in [1.29, 1.82) is 0 Å². The summed E-state index contributed by atoms with van der Waals surface area (Å²) >= 11 is 0. The van der Waals surface area contributed by atoms with Gasteiger partial charge in [0.25, 0.3) is 0 Å². The van der Waals surface area contributed by atoms with Crippen LogP contribution in [0.1, 0.15) is 39.0 Å². The SMILES string of the molecule is C[C@H]1CCCC[C@@H]1OCC(=O)N1CC[C@H](N)C1. The van der Waals surface area contributed by atoms with Gasteiger partial charge in [0.15, 0.2) is 0 Å². The van der Waals surface area contributed by atoms with Crippen molar-refractivity contribution >= 4 is 5.91 Å². The summed E-state index contributed by atoms with van der Waals surface area (Å²) in [4.78, 5) is 13.7. The molecular weight excluding hydrogens is 216 g/mol. The lowest BCUT2D eigenvalue weighted by Crippen LogP contribution is -2.36. The fourth-order valence-corrected chi connectivity index (χ4v) is 2.81. The maximum Gasteiger partial charge on any atom is 0.248 e. The number of amides is 1. The molecule has 3 atom stereocenters. The number of nitrogens with zero attached hydrogens (tertiary/aromatic N) is 1. The minimum absolute atomic E-state index is 0.107. The number of carbonyl (C=O) groups excluding carboxylic acids is 1. The van der Waals surface area contributed by atoms with Gasteiger partial charge in [-0.05, 0) is 25.2 Å². The van der Waals surface area contributed by atoms with Gasteiger partial charge in [0.2, 0.25) is 5.91 Å². The molecule has 1 amide bonds. The third-order valence-corrected chi connectivity index (χ3v) is 4.03. The molecule has 2 N–H and O–H groups in total. The zero-order valence-electron chi connectivity index (χ0n) is 10.7. The summed E-state index contributed by atoms with van der Waals surface area (Å²) in [5, 5.41) is 0. The van der Waals surface area contributed by atoms with E-state index in [1.54, 1.807) is 0 Å². The van der Waals surface area contributed by atoms with Gasteiger partial charge in [0.1, 0.15) is 6.61 Å². The Hall–Kier alpha value is -0.610. The van der Waals surface area contributed by atoms with Crippen molar-refractivity contribution in [2.24, 2.45) is 11.7 Å². The van der Waals surface area contributed by atoms with Crippen molar-refractivity contribution in [3.63, 3.8) is 0 Å². The molecule has 2 fully saturated rings. The smallest absolute Gasteiger partial charge is 0.248 e. The van der Waals surface area contributed by atoms with Crippen LogP contribution in [0.15, 0.2) is 0 Å². The van der Waals surface area contributed by atoms with Gasteiger partial charge in [-0.15, -0.1) is 0 Å². The molecule has 98 valence electrons. The molecule has 0 aromatic carbocycles. The van der Waals surface area contributed by atoms with Crippen molar-refractivity contribution in [2.75, 3.05) is 19.7 Å². The van der Waals surface area contributed by atoms with E-state index in [2.05, 4.69) is 6.92 Å². The van der Waals surface area contributed by atoms with Crippen LogP contribution < -0.4 is 5.73 Å². The van der Waals surface area contributed by atoms with Crippen LogP contribution in [0.25, 0.3) is 0 Å². The van der Waals surface area contributed by atoms with Gasteiger partial charge >= 0.3 is 0 Å². The van der Waals surface area contributed by atoms with E-state index in [0.29, 0.717) is 12.5 Å². The van der Waals surface area contributed by atoms with Crippen LogP contribution in [0.2, 0.25) is 0 Å². The van der Waals surface area contributed by atoms with Gasteiger partial charge < -0.3 is 15.4 Å². The maximum atomic E-state index is 11.9. The number of nitrogens with two attached hydrogens (primary N) is 1. The van der Waals surface area contributed by atoms with Crippen LogP contribution in [0.4, 0.5) is 0 Å². The number of likely N-dealkylation sites (tertiary alicyclic amines) is 1. The Balaban J connectivity index is 1.72. The number of rotatable bonds is 3. The number of hydrogen-bond donors (Lipinski definition) is 1. The van der Waals surface area contributed by atoms with Crippen LogP contribution in [-0.2, 0) is 9.53 Å². The lowest BCUT2D eigenvalue weighted by molar-refractivity contribution is -0.139. The van der Waals surface area contributed by atoms with Gasteiger partial charge in [-0.2, -0.15) is 0 Å². The summed E-state index contributed by atoms with van der Waals surface area (Å²) in [6, 6.07) is 0.160. The molecule has 0 radical (unpaired) electrons. The first-order valence-corrected chi connectivity index (χ1v) is 6.82. The summed E-state index contributed by atoms with van der Waals surface area (Å²) in [7, 11) is 0. The summed E-state index contributed by atoms with van der Waals surface area (Å²) in [5.74, 6) is 0.702. The Labute approximate surface area is 103 Å². The highest BCUT2D eigenvalue weighted by Gasteiger charge is 2.26. The number of hydrogen-bond acceptors (Lipinski definition) is 3. The maximum absolute atomic E-state index is 11.9. The first-order chi connectivity index (χ1) is 8.16. The van der Waals surface area contributed by atoms with Gasteiger partial charge in [0.05, 0.1) is 6.10 Å². The predicted molar refractivity (Wildman–Crippen MR) is 66.5 cm³/mol. The van der Waals surface area contributed by atoms with E-state index in [9.17, 15) is 4.79 Å². The van der Waals surface area contributed by atoms with Crippen molar-refractivity contribution in [3.8, 4) is 0 Å². The largest absolute Gasteiger partial charge is 0.368 e. The molecule has 1 aliphatic carbocycles. The Morgan fingerprint density at radius 3 is 2.76 bits per heavy atom. The lowest BCUT2D eigenvalue weighted by atomic mass is 9.88. The zero-order valence-corrected chi connectivity index (χ0v) is 10.7. The van der Waals surface area contributed by atoms with E-state index in [1.807, 2.05) is 4.90 Å². The molecule has 0 unspecified atom stereocenters. The van der Waals surface area contributed by atoms with Crippen molar-refractivity contribution in [2.45, 2.75) is 51.2 Å². The van der Waals surface area contributed by atoms with Crippen LogP contribution in [0.5, 0.6) is 0 Å². The molecule has 1 heterocycles. The Bertz CT molecular complexity index is 270. The molecule has 1 saturated heterocycles. The number of ether oxygens (including phenoxy) is 1. The molecule has 1 saturated carbocycles. The van der Waals surface area contributed by atoms with Crippen molar-refractivity contribution in [3.05, 3.63) is 0 Å². The third-order valence-electron chi connectivity index (χ3n) is 4.03. The highest BCUT2D eigenvalue weighted by Crippen LogP contribution is 2.26. The molecular formula is C13H24N2O2. The highest BCUT2D eigenvalue weighted by atomic mass is 16.5. The molecule has 0 bridgehead atoms. The fourth-order valence-electron chi connectivity index (χ4n) is 2.81. The zero-order chi connectivity index (χ0) is 12.3. The lowest BCUT2D eigenvalue weighted by Gasteiger charge is -2.29. The number of carbonyl (C=O) groups is 1. The van der Waals surface area contributed by atoms with E-state index < -0.39 is 0 Å². The molecule has 4 nitrogen and oxygen atoms in total. The van der Waals surface area contributed by atoms with Crippen LogP contribution in [0.3, 0.4) is 0 Å². The van der Waals surface area contributed by atoms with E-state index >= 15 is 0 Å². The first-order valence-electron chi connectivity index (χ1n) is 6.82. The van der Waals surface area contributed by atoms with E-state index in [1.165, 1.54) is 19.3 Å². The molecule has 4 heteroatoms. The first kappa shape index (κ1) is 12.8. The summed E-state index contributed by atoms with van der Waals surface area (Å²) in [5.41, 5.74) is 5.79. The van der Waals surface area contributed by atoms with Crippen molar-refractivity contribution in [1.82, 2.24) is 4.90 Å². The molecule has 0 aromatic heterocycles. The third kappa shape index (κ3) is 3.42. The van der Waals surface area contributed by atoms with Crippen LogP contribution in [-0.4, -0.2) is 42.6 Å². The second-order valence-electron chi connectivity index (χ2n) is 5.50. The van der Waals surface area contributed by atoms with Crippen LogP contribution in [0, 0.1) is 5.92 Å². The van der Waals surface area contributed by atoms with E-state index in [-0.39, 0.29) is 24.7 Å². The minimum Gasteiger partial charge on any atom is -0.368 e. The Morgan fingerprint density at radius 1 is 1.35 bits per heavy atom. The standard InChI is InChI=1S/C13H24N2O2/c1-10-4-2-3-5-12(10)17-9-13(16)15-7-6-11(14)8-15/h10-12H,2-9,14H2,1H3/t10-,11-,12-/m0/s1. The Morgan fingerprint density at radius 2 is 2.12 bits per heavy atom. The normalized spacial score (nSPS) is 34.0. The molecule has 1 aliphatic heterocycles.